The predicted octanol–water partition coefficient (Wildman–Crippen LogP) is 4.87. The van der Waals surface area contributed by atoms with Gasteiger partial charge in [-0.2, -0.15) is 0 Å². The number of hydrogen-bond acceptors (Lipinski definition) is 5. The Morgan fingerprint density at radius 2 is 1.12 bits per heavy atom. The van der Waals surface area contributed by atoms with Gasteiger partial charge in [0.1, 0.15) is 23.1 Å². The highest BCUT2D eigenvalue weighted by Gasteiger charge is 2.41. The Bertz CT molecular complexity index is 1230. The molecule has 0 aliphatic carbocycles. The first kappa shape index (κ1) is 30.5. The molecular weight excluding hydrogens is 527 g/mol. The fraction of sp³-hybridized carbons (Fsp3) is 0.300. The topological polar surface area (TPSA) is 115 Å². The number of nitrogens with zero attached hydrogens (tertiary/aromatic N) is 1. The fourth-order valence-corrected chi connectivity index (χ4v) is 4.86. The van der Waals surface area contributed by atoms with Gasteiger partial charge in [-0.05, 0) is 104 Å². The van der Waals surface area contributed by atoms with Crippen molar-refractivity contribution in [2.75, 3.05) is 19.6 Å². The molecule has 7 nitrogen and oxygen atoms in total. The Morgan fingerprint density at radius 1 is 0.725 bits per heavy atom. The zero-order chi connectivity index (χ0) is 29.3. The molecular formula is C30H30F3NO6. The van der Waals surface area contributed by atoms with Crippen LogP contribution in [0, 0.1) is 23.4 Å². The van der Waals surface area contributed by atoms with E-state index in [-0.39, 0.29) is 29.2 Å². The zero-order valence-corrected chi connectivity index (χ0v) is 21.6. The van der Waals surface area contributed by atoms with Crippen LogP contribution in [-0.2, 0) is 15.2 Å². The van der Waals surface area contributed by atoms with Crippen molar-refractivity contribution in [2.45, 2.75) is 31.3 Å². The van der Waals surface area contributed by atoms with Crippen LogP contribution in [-0.4, -0.2) is 57.6 Å². The number of aliphatic carboxylic acids is 2. The lowest BCUT2D eigenvalue weighted by atomic mass is 9.72. The number of rotatable bonds is 8. The summed E-state index contributed by atoms with van der Waals surface area (Å²) in [6.45, 7) is 2.26. The zero-order valence-electron chi connectivity index (χ0n) is 21.6. The van der Waals surface area contributed by atoms with Gasteiger partial charge in [-0.1, -0.05) is 24.3 Å². The highest BCUT2D eigenvalue weighted by Crippen LogP contribution is 2.42. The lowest BCUT2D eigenvalue weighted by molar-refractivity contribution is -0.159. The van der Waals surface area contributed by atoms with Gasteiger partial charge in [-0.25, -0.2) is 22.8 Å². The first-order chi connectivity index (χ1) is 19.0. The summed E-state index contributed by atoms with van der Waals surface area (Å²) in [7, 11) is 0. The van der Waals surface area contributed by atoms with Crippen molar-refractivity contribution in [3.05, 3.63) is 107 Å². The number of carboxylic acids is 2. The van der Waals surface area contributed by atoms with Crippen LogP contribution in [0.2, 0.25) is 0 Å². The molecule has 3 aromatic rings. The summed E-state index contributed by atoms with van der Waals surface area (Å²) >= 11 is 0. The number of carbonyl (C=O) groups is 3. The molecule has 1 fully saturated rings. The van der Waals surface area contributed by atoms with E-state index in [1.165, 1.54) is 48.5 Å². The number of ketones is 1. The summed E-state index contributed by atoms with van der Waals surface area (Å²) in [5.41, 5.74) is 0.336. The van der Waals surface area contributed by atoms with Gasteiger partial charge < -0.3 is 20.2 Å². The predicted molar refractivity (Wildman–Crippen MR) is 140 cm³/mol. The maximum absolute atomic E-state index is 13.5. The number of aliphatic hydroxyl groups is 1. The summed E-state index contributed by atoms with van der Waals surface area (Å²) < 4.78 is 40.1. The summed E-state index contributed by atoms with van der Waals surface area (Å²) in [5.74, 6) is -4.89. The third-order valence-corrected chi connectivity index (χ3v) is 6.97. The molecule has 10 heteroatoms. The highest BCUT2D eigenvalue weighted by molar-refractivity contribution is 6.27. The number of carbonyl (C=O) groups excluding carboxylic acids is 1. The van der Waals surface area contributed by atoms with Gasteiger partial charge in [0.15, 0.2) is 5.78 Å². The largest absolute Gasteiger partial charge is 0.473 e. The lowest BCUT2D eigenvalue weighted by Crippen LogP contribution is -2.44. The molecule has 4 rings (SSSR count). The molecule has 40 heavy (non-hydrogen) atoms. The second kappa shape index (κ2) is 13.9. The smallest absolute Gasteiger partial charge is 0.414 e. The van der Waals surface area contributed by atoms with Gasteiger partial charge in [0.2, 0.25) is 0 Å². The molecule has 212 valence electrons. The molecule has 1 saturated heterocycles. The van der Waals surface area contributed by atoms with Crippen LogP contribution in [0.25, 0.3) is 0 Å². The molecule has 1 heterocycles. The summed E-state index contributed by atoms with van der Waals surface area (Å²) in [4.78, 5) is 32.8. The minimum atomic E-state index is -1.82. The first-order valence-electron chi connectivity index (χ1n) is 12.7. The Hall–Kier alpha value is -4.02. The van der Waals surface area contributed by atoms with Crippen molar-refractivity contribution >= 4 is 17.7 Å². The van der Waals surface area contributed by atoms with Crippen molar-refractivity contribution in [3.8, 4) is 0 Å². The van der Waals surface area contributed by atoms with Crippen molar-refractivity contribution in [3.63, 3.8) is 0 Å². The minimum Gasteiger partial charge on any atom is -0.473 e. The number of likely N-dealkylation sites (tertiary alicyclic amines) is 1. The Kier molecular flexibility index (Phi) is 10.6. The summed E-state index contributed by atoms with van der Waals surface area (Å²) in [6, 6.07) is 17.3. The Labute approximate surface area is 229 Å². The molecule has 0 aromatic heterocycles. The Morgan fingerprint density at radius 3 is 1.52 bits per heavy atom. The normalized spacial score (nSPS) is 14.2. The van der Waals surface area contributed by atoms with Crippen molar-refractivity contribution in [2.24, 2.45) is 5.92 Å². The molecule has 0 bridgehead atoms. The van der Waals surface area contributed by atoms with Crippen LogP contribution in [0.15, 0.2) is 72.8 Å². The van der Waals surface area contributed by atoms with Crippen LogP contribution in [0.5, 0.6) is 0 Å². The van der Waals surface area contributed by atoms with E-state index in [9.17, 15) is 23.1 Å². The third-order valence-electron chi connectivity index (χ3n) is 6.97. The molecule has 0 amide bonds. The fourth-order valence-electron chi connectivity index (χ4n) is 4.86. The van der Waals surface area contributed by atoms with Crippen LogP contribution < -0.4 is 0 Å². The van der Waals surface area contributed by atoms with Crippen LogP contribution in [0.1, 0.15) is 47.2 Å². The molecule has 0 saturated carbocycles. The average molecular weight is 558 g/mol. The van der Waals surface area contributed by atoms with Crippen molar-refractivity contribution < 1.29 is 42.9 Å². The number of benzene rings is 3. The average Bonchev–Trinajstić information content (AvgIpc) is 2.94. The molecule has 0 spiro atoms. The SMILES string of the molecule is O=C(CCCN1CCC(C(O)(c2ccc(F)cc2)c2ccc(F)cc2)CC1)c1ccc(F)cc1.O=C(O)C(=O)O. The van der Waals surface area contributed by atoms with E-state index in [0.29, 0.717) is 42.4 Å². The first-order valence-corrected chi connectivity index (χ1v) is 12.7. The van der Waals surface area contributed by atoms with Crippen molar-refractivity contribution in [1.82, 2.24) is 4.90 Å². The number of Topliss-reactive ketones (excluding diaryl/α,β-unsaturated/α-hetero) is 1. The highest BCUT2D eigenvalue weighted by atomic mass is 19.1. The number of piperidine rings is 1. The number of carboxylic acid groups (broad SMARTS) is 2. The molecule has 0 atom stereocenters. The van der Waals surface area contributed by atoms with E-state index in [2.05, 4.69) is 4.90 Å². The number of hydrogen-bond donors (Lipinski definition) is 3. The Balaban J connectivity index is 0.000000663. The third kappa shape index (κ3) is 8.00. The van der Waals surface area contributed by atoms with Crippen LogP contribution in [0.4, 0.5) is 13.2 Å². The van der Waals surface area contributed by atoms with E-state index in [0.717, 1.165) is 19.6 Å². The minimum absolute atomic E-state index is 0.00289. The lowest BCUT2D eigenvalue weighted by Gasteiger charge is -2.42. The maximum atomic E-state index is 13.5. The summed E-state index contributed by atoms with van der Waals surface area (Å²) in [6.07, 6.45) is 2.50. The van der Waals surface area contributed by atoms with Gasteiger partial charge in [0.05, 0.1) is 0 Å². The molecule has 0 unspecified atom stereocenters. The number of halogens is 3. The van der Waals surface area contributed by atoms with E-state index >= 15 is 0 Å². The van der Waals surface area contributed by atoms with Gasteiger partial charge in [0, 0.05) is 12.0 Å². The molecule has 3 N–H and O–H groups in total. The monoisotopic (exact) mass is 557 g/mol. The van der Waals surface area contributed by atoms with Crippen LogP contribution in [0.3, 0.4) is 0 Å². The molecule has 1 aliphatic rings. The van der Waals surface area contributed by atoms with Crippen molar-refractivity contribution in [1.29, 1.82) is 0 Å². The summed E-state index contributed by atoms with van der Waals surface area (Å²) in [5, 5.41) is 26.7. The van der Waals surface area contributed by atoms with E-state index in [1.807, 2.05) is 0 Å². The van der Waals surface area contributed by atoms with E-state index < -0.39 is 17.5 Å². The maximum Gasteiger partial charge on any atom is 0.414 e. The second-order valence-electron chi connectivity index (χ2n) is 9.54. The molecule has 1 aliphatic heterocycles. The molecule has 0 radical (unpaired) electrons. The quantitative estimate of drug-likeness (QED) is 0.267. The second-order valence-corrected chi connectivity index (χ2v) is 9.54. The molecule has 3 aromatic carbocycles. The van der Waals surface area contributed by atoms with Gasteiger partial charge in [0.25, 0.3) is 0 Å². The van der Waals surface area contributed by atoms with Gasteiger partial charge >= 0.3 is 11.9 Å². The van der Waals surface area contributed by atoms with Gasteiger partial charge in [-0.15, -0.1) is 0 Å². The van der Waals surface area contributed by atoms with E-state index in [4.69, 9.17) is 19.8 Å². The standard InChI is InChI=1S/C28H28F3NO2.C2H2O4/c29-24-9-3-20(4-10-24)27(33)2-1-17-32-18-15-23(16-19-32)28(34,21-5-11-25(30)12-6-21)22-7-13-26(31)14-8-22;3-1(4)2(5)6/h3-14,23,34H,1-2,15-19H2;(H,3,4)(H,5,6). The van der Waals surface area contributed by atoms with E-state index in [1.54, 1.807) is 24.3 Å². The van der Waals surface area contributed by atoms with Gasteiger partial charge in [-0.3, -0.25) is 4.79 Å². The van der Waals surface area contributed by atoms with Crippen LogP contribution >= 0.6 is 0 Å².